The van der Waals surface area contributed by atoms with Gasteiger partial charge in [0, 0.05) is 29.2 Å². The van der Waals surface area contributed by atoms with Gasteiger partial charge in [-0.05, 0) is 37.1 Å². The minimum atomic E-state index is -0.0554. The fourth-order valence-electron chi connectivity index (χ4n) is 3.71. The Bertz CT molecular complexity index is 1220. The monoisotopic (exact) mass is 485 g/mol. The van der Waals surface area contributed by atoms with E-state index in [4.69, 9.17) is 23.9 Å². The van der Waals surface area contributed by atoms with Crippen LogP contribution in [0, 0.1) is 0 Å². The molecule has 1 aromatic heterocycles. The van der Waals surface area contributed by atoms with Crippen LogP contribution in [0.3, 0.4) is 0 Å². The zero-order chi connectivity index (χ0) is 24.1. The Balaban J connectivity index is 1.78. The van der Waals surface area contributed by atoms with Crippen LogP contribution in [0.15, 0.2) is 45.8 Å². The van der Waals surface area contributed by atoms with Crippen LogP contribution in [0.1, 0.15) is 18.4 Å². The molecule has 4 rings (SSSR count). The average Bonchev–Trinajstić information content (AvgIpc) is 3.50. The highest BCUT2D eigenvalue weighted by atomic mass is 32.1. The molecule has 1 aliphatic rings. The molecule has 180 valence electrons. The van der Waals surface area contributed by atoms with Crippen molar-refractivity contribution in [3.63, 3.8) is 0 Å². The highest BCUT2D eigenvalue weighted by Crippen LogP contribution is 2.38. The summed E-state index contributed by atoms with van der Waals surface area (Å²) >= 11 is 1.41. The van der Waals surface area contributed by atoms with Gasteiger partial charge in [0.15, 0.2) is 11.5 Å². The van der Waals surface area contributed by atoms with E-state index in [0.29, 0.717) is 39.9 Å². The van der Waals surface area contributed by atoms with E-state index in [2.05, 4.69) is 5.10 Å². The summed E-state index contributed by atoms with van der Waals surface area (Å²) in [6.45, 7) is 1.29. The number of phenolic OH excluding ortho intramolecular Hbond substituents is 2. The van der Waals surface area contributed by atoms with Gasteiger partial charge in [0.25, 0.3) is 0 Å². The van der Waals surface area contributed by atoms with E-state index in [1.165, 1.54) is 23.5 Å². The van der Waals surface area contributed by atoms with Crippen molar-refractivity contribution in [1.29, 1.82) is 0 Å². The van der Waals surface area contributed by atoms with Gasteiger partial charge in [-0.1, -0.05) is 0 Å². The van der Waals surface area contributed by atoms with Crippen molar-refractivity contribution in [1.82, 2.24) is 4.68 Å². The molecule has 1 fully saturated rings. The number of methoxy groups -OCH3 is 3. The minimum Gasteiger partial charge on any atom is -0.508 e. The first kappa shape index (κ1) is 23.7. The molecule has 10 heteroatoms. The van der Waals surface area contributed by atoms with Gasteiger partial charge in [-0.3, -0.25) is 4.99 Å². The topological polar surface area (TPSA) is 107 Å². The normalized spacial score (nSPS) is 16.3. The third-order valence-electron chi connectivity index (χ3n) is 5.41. The fourth-order valence-corrected chi connectivity index (χ4v) is 4.55. The van der Waals surface area contributed by atoms with Crippen molar-refractivity contribution in [2.24, 2.45) is 10.1 Å². The molecule has 1 unspecified atom stereocenters. The number of ether oxygens (including phenoxy) is 4. The van der Waals surface area contributed by atoms with Crippen molar-refractivity contribution in [2.75, 3.05) is 34.5 Å². The van der Waals surface area contributed by atoms with Crippen LogP contribution in [-0.2, 0) is 4.74 Å². The van der Waals surface area contributed by atoms with E-state index in [9.17, 15) is 10.2 Å². The number of aromatic hydroxyl groups is 2. The number of nitrogens with zero attached hydrogens (tertiary/aromatic N) is 3. The van der Waals surface area contributed by atoms with Crippen molar-refractivity contribution in [2.45, 2.75) is 18.9 Å². The molecule has 0 bridgehead atoms. The Morgan fingerprint density at radius 2 is 1.88 bits per heavy atom. The smallest absolute Gasteiger partial charge is 0.206 e. The summed E-state index contributed by atoms with van der Waals surface area (Å²) in [5.41, 5.74) is 1.88. The summed E-state index contributed by atoms with van der Waals surface area (Å²) < 4.78 is 23.6. The van der Waals surface area contributed by atoms with Crippen LogP contribution < -0.4 is 19.0 Å². The third kappa shape index (κ3) is 5.02. The highest BCUT2D eigenvalue weighted by Gasteiger charge is 2.17. The Kier molecular flexibility index (Phi) is 7.39. The van der Waals surface area contributed by atoms with Crippen LogP contribution >= 0.6 is 11.3 Å². The van der Waals surface area contributed by atoms with Gasteiger partial charge in [-0.25, -0.2) is 4.68 Å². The van der Waals surface area contributed by atoms with Gasteiger partial charge < -0.3 is 29.2 Å². The largest absolute Gasteiger partial charge is 0.508 e. The molecular weight excluding hydrogens is 458 g/mol. The second-order valence-electron chi connectivity index (χ2n) is 7.60. The lowest BCUT2D eigenvalue weighted by molar-refractivity contribution is 0.117. The van der Waals surface area contributed by atoms with Crippen molar-refractivity contribution >= 4 is 17.6 Å². The third-order valence-corrected chi connectivity index (χ3v) is 6.26. The molecule has 2 heterocycles. The standard InChI is InChI=1S/C24H27N3O6S/c1-30-21-9-15(10-22(31-2)23(21)32-3)12-26-27-19(18-7-6-16(28)11-20(18)29)14-34-24(27)25-13-17-5-4-8-33-17/h6-7,9-12,14,17,28-29H,4-5,8,13H2,1-3H3/b25-24?,26-12+. The van der Waals surface area contributed by atoms with E-state index in [-0.39, 0.29) is 17.6 Å². The van der Waals surface area contributed by atoms with E-state index in [0.717, 1.165) is 25.0 Å². The molecule has 9 nitrogen and oxygen atoms in total. The first-order valence-electron chi connectivity index (χ1n) is 10.7. The summed E-state index contributed by atoms with van der Waals surface area (Å²) in [6.07, 6.45) is 3.77. The lowest BCUT2D eigenvalue weighted by Gasteiger charge is -2.12. The molecule has 1 atom stereocenters. The van der Waals surface area contributed by atoms with Gasteiger partial charge in [0.2, 0.25) is 10.6 Å². The number of benzene rings is 2. The van der Waals surface area contributed by atoms with Crippen LogP contribution in [-0.4, -0.2) is 61.7 Å². The Morgan fingerprint density at radius 3 is 2.50 bits per heavy atom. The van der Waals surface area contributed by atoms with Crippen LogP contribution in [0.2, 0.25) is 0 Å². The second kappa shape index (κ2) is 10.6. The maximum absolute atomic E-state index is 10.4. The number of hydrogen-bond donors (Lipinski definition) is 2. The Hall–Kier alpha value is -3.50. The molecular formula is C24H27N3O6S. The van der Waals surface area contributed by atoms with Gasteiger partial charge in [0.05, 0.1) is 45.9 Å². The van der Waals surface area contributed by atoms with Crippen molar-refractivity contribution in [3.05, 3.63) is 46.1 Å². The molecule has 0 aliphatic carbocycles. The molecule has 0 amide bonds. The van der Waals surface area contributed by atoms with E-state index in [1.54, 1.807) is 50.4 Å². The quantitative estimate of drug-likeness (QED) is 0.472. The first-order chi connectivity index (χ1) is 16.5. The number of phenols is 2. The maximum Gasteiger partial charge on any atom is 0.206 e. The van der Waals surface area contributed by atoms with Gasteiger partial charge >= 0.3 is 0 Å². The Morgan fingerprint density at radius 1 is 1.12 bits per heavy atom. The second-order valence-corrected chi connectivity index (χ2v) is 8.43. The van der Waals surface area contributed by atoms with Gasteiger partial charge in [0.1, 0.15) is 11.5 Å². The first-order valence-corrected chi connectivity index (χ1v) is 11.6. The maximum atomic E-state index is 10.4. The summed E-state index contributed by atoms with van der Waals surface area (Å²) in [5, 5.41) is 26.7. The minimum absolute atomic E-state index is 0.0211. The van der Waals surface area contributed by atoms with E-state index >= 15 is 0 Å². The molecule has 0 radical (unpaired) electrons. The predicted molar refractivity (Wildman–Crippen MR) is 130 cm³/mol. The van der Waals surface area contributed by atoms with Crippen LogP contribution in [0.25, 0.3) is 11.3 Å². The average molecular weight is 486 g/mol. The van der Waals surface area contributed by atoms with Crippen molar-refractivity contribution in [3.8, 4) is 40.0 Å². The van der Waals surface area contributed by atoms with Crippen LogP contribution in [0.4, 0.5) is 0 Å². The SMILES string of the molecule is COc1cc(/C=N/n2c(-c3ccc(O)cc3O)csc2=NCC2CCCO2)cc(OC)c1OC. The van der Waals surface area contributed by atoms with E-state index < -0.39 is 0 Å². The molecule has 1 saturated heterocycles. The predicted octanol–water partition coefficient (Wildman–Crippen LogP) is 3.62. The summed E-state index contributed by atoms with van der Waals surface area (Å²) in [7, 11) is 4.66. The summed E-state index contributed by atoms with van der Waals surface area (Å²) in [5.74, 6) is 1.44. The number of thiazole rings is 1. The zero-order valence-corrected chi connectivity index (χ0v) is 20.0. The number of aromatic nitrogens is 1. The molecule has 3 aromatic rings. The molecule has 1 aliphatic heterocycles. The Labute approximate surface area is 201 Å². The molecule has 2 N–H and O–H groups in total. The zero-order valence-electron chi connectivity index (χ0n) is 19.2. The molecule has 0 spiro atoms. The molecule has 34 heavy (non-hydrogen) atoms. The van der Waals surface area contributed by atoms with Gasteiger partial charge in [-0.2, -0.15) is 5.10 Å². The van der Waals surface area contributed by atoms with Crippen molar-refractivity contribution < 1.29 is 29.2 Å². The van der Waals surface area contributed by atoms with Gasteiger partial charge in [-0.15, -0.1) is 11.3 Å². The summed E-state index contributed by atoms with van der Waals surface area (Å²) in [4.78, 5) is 5.39. The molecule has 2 aromatic carbocycles. The lowest BCUT2D eigenvalue weighted by atomic mass is 10.1. The van der Waals surface area contributed by atoms with Crippen LogP contribution in [0.5, 0.6) is 28.7 Å². The summed E-state index contributed by atoms with van der Waals surface area (Å²) in [6, 6.07) is 8.03. The highest BCUT2D eigenvalue weighted by molar-refractivity contribution is 7.07. The number of rotatable bonds is 8. The molecule has 0 saturated carbocycles. The lowest BCUT2D eigenvalue weighted by Crippen LogP contribution is -2.17. The van der Waals surface area contributed by atoms with E-state index in [1.807, 2.05) is 5.38 Å². The number of hydrogen-bond acceptors (Lipinski definition) is 9. The fraction of sp³-hybridized carbons (Fsp3) is 0.333.